The van der Waals surface area contributed by atoms with Crippen molar-refractivity contribution in [3.8, 4) is 0 Å². The highest BCUT2D eigenvalue weighted by Gasteiger charge is 2.11. The highest BCUT2D eigenvalue weighted by molar-refractivity contribution is 5.85. The highest BCUT2D eigenvalue weighted by Crippen LogP contribution is 2.20. The Balaban J connectivity index is 0.856. The van der Waals surface area contributed by atoms with Crippen LogP contribution in [0.4, 0.5) is 0 Å². The lowest BCUT2D eigenvalue weighted by Crippen LogP contribution is -2.30. The predicted octanol–water partition coefficient (Wildman–Crippen LogP) is 11.7. The number of nitrogens with one attached hydrogen (secondary N) is 2. The van der Waals surface area contributed by atoms with Gasteiger partial charge in [0.2, 0.25) is 0 Å². The summed E-state index contributed by atoms with van der Waals surface area (Å²) in [6, 6.07) is 62.4. The summed E-state index contributed by atoms with van der Waals surface area (Å²) < 4.78 is 0. The van der Waals surface area contributed by atoms with Gasteiger partial charge in [0.25, 0.3) is 0 Å². The number of rotatable bonds is 21. The van der Waals surface area contributed by atoms with E-state index in [1.807, 2.05) is 0 Å². The summed E-state index contributed by atoms with van der Waals surface area (Å²) in [4.78, 5) is 5.37. The first-order valence-corrected chi connectivity index (χ1v) is 21.5. The van der Waals surface area contributed by atoms with Crippen LogP contribution in [0.5, 0.6) is 0 Å². The molecule has 8 aromatic rings. The van der Waals surface area contributed by atoms with Crippen molar-refractivity contribution in [2.75, 3.05) is 39.3 Å². The second-order valence-electron chi connectivity index (χ2n) is 16.0. The van der Waals surface area contributed by atoms with Crippen molar-refractivity contribution in [3.63, 3.8) is 0 Å². The predicted molar refractivity (Wildman–Crippen MR) is 248 cm³/mol. The normalized spacial score (nSPS) is 11.8. The summed E-state index contributed by atoms with van der Waals surface area (Å²) in [5, 5.41) is 18.0. The van der Waals surface area contributed by atoms with E-state index in [9.17, 15) is 0 Å². The third kappa shape index (κ3) is 11.2. The zero-order valence-corrected chi connectivity index (χ0v) is 34.0. The number of unbranched alkanes of at least 4 members (excludes halogenated alkanes) is 1. The molecule has 0 aliphatic heterocycles. The Labute approximate surface area is 345 Å². The summed E-state index contributed by atoms with van der Waals surface area (Å²) >= 11 is 0. The molecule has 8 rings (SSSR count). The van der Waals surface area contributed by atoms with Crippen molar-refractivity contribution in [3.05, 3.63) is 192 Å². The highest BCUT2D eigenvalue weighted by atomic mass is 15.1. The van der Waals surface area contributed by atoms with Gasteiger partial charge in [-0.15, -0.1) is 0 Å². The molecule has 0 aliphatic rings. The summed E-state index contributed by atoms with van der Waals surface area (Å²) in [5.41, 5.74) is 5.50. The van der Waals surface area contributed by atoms with E-state index in [4.69, 9.17) is 0 Å². The van der Waals surface area contributed by atoms with Crippen molar-refractivity contribution in [1.29, 1.82) is 0 Å². The van der Waals surface area contributed by atoms with E-state index >= 15 is 0 Å². The molecule has 0 saturated carbocycles. The molecule has 0 fully saturated rings. The molecule has 58 heavy (non-hydrogen) atoms. The molecule has 8 aromatic carbocycles. The number of benzene rings is 8. The van der Waals surface area contributed by atoms with Gasteiger partial charge in [-0.1, -0.05) is 146 Å². The molecule has 4 heteroatoms. The van der Waals surface area contributed by atoms with Gasteiger partial charge < -0.3 is 10.6 Å². The fourth-order valence-electron chi connectivity index (χ4n) is 8.42. The minimum atomic E-state index is 0.904. The molecule has 0 spiro atoms. The van der Waals surface area contributed by atoms with E-state index in [0.29, 0.717) is 0 Å². The molecule has 0 atom stereocenters. The van der Waals surface area contributed by atoms with Gasteiger partial charge in [-0.2, -0.15) is 0 Å². The fraction of sp³-hybridized carbons (Fsp3) is 0.259. The number of nitrogens with zero attached hydrogens (tertiary/aromatic N) is 2. The van der Waals surface area contributed by atoms with Gasteiger partial charge in [-0.25, -0.2) is 0 Å². The van der Waals surface area contributed by atoms with Crippen LogP contribution in [0, 0.1) is 0 Å². The summed E-state index contributed by atoms with van der Waals surface area (Å²) in [5.74, 6) is 0. The SMILES string of the molecule is c1ccc2cc(CNCCCN(CCCCN(CCCNCc3ccc4ccccc4c3)Cc3ccc4ccccc4c3)Cc3ccc4ccccc4c3)ccc2c1. The zero-order chi connectivity index (χ0) is 39.2. The molecule has 0 bridgehead atoms. The number of hydrogen-bond acceptors (Lipinski definition) is 4. The zero-order valence-electron chi connectivity index (χ0n) is 34.0. The van der Waals surface area contributed by atoms with Gasteiger partial charge in [-0.05, 0) is 155 Å². The maximum absolute atomic E-state index is 3.73. The molecule has 4 nitrogen and oxygen atoms in total. The lowest BCUT2D eigenvalue weighted by molar-refractivity contribution is 0.228. The molecular formula is C54H58N4. The van der Waals surface area contributed by atoms with Crippen molar-refractivity contribution in [2.45, 2.75) is 51.9 Å². The molecular weight excluding hydrogens is 705 g/mol. The minimum absolute atomic E-state index is 0.904. The smallest absolute Gasteiger partial charge is 0.0233 e. The first-order valence-electron chi connectivity index (χ1n) is 21.5. The van der Waals surface area contributed by atoms with E-state index in [-0.39, 0.29) is 0 Å². The third-order valence-electron chi connectivity index (χ3n) is 11.6. The first-order chi connectivity index (χ1) is 28.7. The Morgan fingerprint density at radius 2 is 0.586 bits per heavy atom. The Morgan fingerprint density at radius 3 is 0.948 bits per heavy atom. The molecule has 0 saturated heterocycles. The van der Waals surface area contributed by atoms with Crippen LogP contribution in [-0.2, 0) is 26.2 Å². The number of hydrogen-bond donors (Lipinski definition) is 2. The maximum Gasteiger partial charge on any atom is 0.0233 e. The second-order valence-corrected chi connectivity index (χ2v) is 16.0. The van der Waals surface area contributed by atoms with Crippen LogP contribution < -0.4 is 10.6 Å². The van der Waals surface area contributed by atoms with Crippen LogP contribution in [0.15, 0.2) is 170 Å². The first kappa shape index (κ1) is 39.5. The van der Waals surface area contributed by atoms with Gasteiger partial charge in [0.05, 0.1) is 0 Å². The number of fused-ring (bicyclic) bond motifs is 4. The molecule has 0 amide bonds. The van der Waals surface area contributed by atoms with E-state index < -0.39 is 0 Å². The van der Waals surface area contributed by atoms with E-state index in [0.717, 1.165) is 78.3 Å². The van der Waals surface area contributed by atoms with E-state index in [1.54, 1.807) is 0 Å². The molecule has 0 radical (unpaired) electrons. The van der Waals surface area contributed by atoms with E-state index in [1.165, 1.54) is 78.2 Å². The van der Waals surface area contributed by atoms with Crippen LogP contribution in [0.2, 0.25) is 0 Å². The lowest BCUT2D eigenvalue weighted by atomic mass is 10.1. The third-order valence-corrected chi connectivity index (χ3v) is 11.6. The molecule has 0 heterocycles. The van der Waals surface area contributed by atoms with Gasteiger partial charge in [0.1, 0.15) is 0 Å². The Hall–Kier alpha value is -5.36. The Morgan fingerprint density at radius 1 is 0.293 bits per heavy atom. The van der Waals surface area contributed by atoms with Gasteiger partial charge in [0.15, 0.2) is 0 Å². The molecule has 0 aromatic heterocycles. The largest absolute Gasteiger partial charge is 0.313 e. The van der Waals surface area contributed by atoms with Crippen LogP contribution in [0.1, 0.15) is 47.9 Å². The summed E-state index contributed by atoms with van der Waals surface area (Å²) in [7, 11) is 0. The summed E-state index contributed by atoms with van der Waals surface area (Å²) in [6.45, 7) is 10.2. The maximum atomic E-state index is 3.73. The Kier molecular flexibility index (Phi) is 13.9. The molecule has 294 valence electrons. The average molecular weight is 763 g/mol. The van der Waals surface area contributed by atoms with Gasteiger partial charge in [-0.3, -0.25) is 9.80 Å². The van der Waals surface area contributed by atoms with Crippen LogP contribution in [-0.4, -0.2) is 49.1 Å². The monoisotopic (exact) mass is 762 g/mol. The van der Waals surface area contributed by atoms with Crippen molar-refractivity contribution in [1.82, 2.24) is 20.4 Å². The minimum Gasteiger partial charge on any atom is -0.313 e. The molecule has 0 aliphatic carbocycles. The van der Waals surface area contributed by atoms with Crippen LogP contribution in [0.25, 0.3) is 43.1 Å². The Bertz CT molecular complexity index is 2350. The molecule has 2 N–H and O–H groups in total. The van der Waals surface area contributed by atoms with Crippen molar-refractivity contribution in [2.24, 2.45) is 0 Å². The fourth-order valence-corrected chi connectivity index (χ4v) is 8.42. The topological polar surface area (TPSA) is 30.5 Å². The average Bonchev–Trinajstić information content (AvgIpc) is 3.27. The van der Waals surface area contributed by atoms with E-state index in [2.05, 4.69) is 190 Å². The second kappa shape index (κ2) is 20.4. The quantitative estimate of drug-likeness (QED) is 0.0714. The lowest BCUT2D eigenvalue weighted by Gasteiger charge is -2.25. The van der Waals surface area contributed by atoms with Crippen molar-refractivity contribution < 1.29 is 0 Å². The van der Waals surface area contributed by atoms with Crippen LogP contribution in [0.3, 0.4) is 0 Å². The van der Waals surface area contributed by atoms with Crippen LogP contribution >= 0.6 is 0 Å². The van der Waals surface area contributed by atoms with Crippen molar-refractivity contribution >= 4 is 43.1 Å². The van der Waals surface area contributed by atoms with Gasteiger partial charge in [0, 0.05) is 26.2 Å². The van der Waals surface area contributed by atoms with Gasteiger partial charge >= 0.3 is 0 Å². The standard InChI is InChI=1S/C54H58N4/c1-5-17-51-35-43(21-25-47(51)13-1)39-55-29-11-33-57(41-45-23-27-49-15-3-7-19-53(49)37-45)31-9-10-32-58(42-46-24-28-50-16-4-8-20-54(50)38-46)34-12-30-56-40-44-22-26-48-14-2-6-18-52(48)36-44/h1-8,13-28,35-38,55-56H,9-12,29-34,39-42H2. The molecule has 0 unspecified atom stereocenters. The summed E-state index contributed by atoms with van der Waals surface area (Å²) in [6.07, 6.45) is 4.63.